The third-order valence-electron chi connectivity index (χ3n) is 1.29. The Bertz CT molecular complexity index is 121. The molecular formula is C7H12O2S. The molecule has 0 aliphatic carbocycles. The molecule has 0 aromatic heterocycles. The zero-order valence-corrected chi connectivity index (χ0v) is 6.95. The highest BCUT2D eigenvalue weighted by Crippen LogP contribution is 2.29. The summed E-state index contributed by atoms with van der Waals surface area (Å²) in [7, 11) is 0. The Labute approximate surface area is 65.3 Å². The van der Waals surface area contributed by atoms with Crippen LogP contribution in [0.1, 0.15) is 19.8 Å². The van der Waals surface area contributed by atoms with Gasteiger partial charge < -0.3 is 4.74 Å². The van der Waals surface area contributed by atoms with Crippen molar-refractivity contribution in [2.45, 2.75) is 25.0 Å². The maximum absolute atomic E-state index is 10.7. The van der Waals surface area contributed by atoms with Crippen LogP contribution in [0.5, 0.6) is 0 Å². The van der Waals surface area contributed by atoms with Gasteiger partial charge in [-0.3, -0.25) is 4.79 Å². The molecule has 0 spiro atoms. The molecule has 0 radical (unpaired) electrons. The zero-order valence-electron chi connectivity index (χ0n) is 6.13. The van der Waals surface area contributed by atoms with E-state index in [1.54, 1.807) is 0 Å². The Balaban J connectivity index is 1.94. The van der Waals surface area contributed by atoms with Gasteiger partial charge in [0.1, 0.15) is 6.61 Å². The average Bonchev–Trinajstić information content (AvgIpc) is 2.67. The molecule has 10 heavy (non-hydrogen) atoms. The van der Waals surface area contributed by atoms with E-state index in [0.717, 1.165) is 6.42 Å². The summed E-state index contributed by atoms with van der Waals surface area (Å²) in [5, 5.41) is 0.612. The van der Waals surface area contributed by atoms with Gasteiger partial charge in [0.05, 0.1) is 0 Å². The average molecular weight is 160 g/mol. The van der Waals surface area contributed by atoms with Crippen LogP contribution in [-0.2, 0) is 9.53 Å². The molecule has 0 amide bonds. The lowest BCUT2D eigenvalue weighted by Crippen LogP contribution is -2.08. The maximum Gasteiger partial charge on any atom is 0.305 e. The van der Waals surface area contributed by atoms with E-state index in [9.17, 15) is 4.79 Å². The Morgan fingerprint density at radius 2 is 2.50 bits per heavy atom. The molecule has 3 heteroatoms. The van der Waals surface area contributed by atoms with Crippen LogP contribution in [0.25, 0.3) is 0 Å². The first kappa shape index (κ1) is 7.92. The second-order valence-corrected chi connectivity index (χ2v) is 3.72. The zero-order chi connectivity index (χ0) is 7.40. The highest BCUT2D eigenvalue weighted by atomic mass is 32.2. The van der Waals surface area contributed by atoms with Crippen molar-refractivity contribution in [3.8, 4) is 0 Å². The second kappa shape index (κ2) is 3.86. The number of esters is 1. The van der Waals surface area contributed by atoms with E-state index >= 15 is 0 Å². The van der Waals surface area contributed by atoms with Gasteiger partial charge in [-0.2, -0.15) is 11.8 Å². The van der Waals surface area contributed by atoms with E-state index in [1.807, 2.05) is 18.7 Å². The first-order valence-corrected chi connectivity index (χ1v) is 4.65. The van der Waals surface area contributed by atoms with Crippen LogP contribution in [0.2, 0.25) is 0 Å². The fourth-order valence-corrected chi connectivity index (χ4v) is 1.02. The van der Waals surface area contributed by atoms with E-state index in [4.69, 9.17) is 4.74 Å². The highest BCUT2D eigenvalue weighted by Gasteiger charge is 2.23. The Hall–Kier alpha value is -0.180. The number of hydrogen-bond donors (Lipinski definition) is 0. The van der Waals surface area contributed by atoms with Crippen molar-refractivity contribution >= 4 is 17.7 Å². The summed E-state index contributed by atoms with van der Waals surface area (Å²) in [6.07, 6.45) is 1.45. The predicted molar refractivity (Wildman–Crippen MR) is 42.1 cm³/mol. The lowest BCUT2D eigenvalue weighted by molar-refractivity contribution is -0.143. The normalized spacial score (nSPS) is 22.3. The van der Waals surface area contributed by atoms with Crippen LogP contribution in [-0.4, -0.2) is 23.6 Å². The molecule has 0 aromatic rings. The van der Waals surface area contributed by atoms with E-state index < -0.39 is 0 Å². The van der Waals surface area contributed by atoms with Gasteiger partial charge in [0.25, 0.3) is 0 Å². The molecule has 1 unspecified atom stereocenters. The molecule has 0 aromatic carbocycles. The molecule has 0 bridgehead atoms. The van der Waals surface area contributed by atoms with E-state index in [1.165, 1.54) is 5.75 Å². The van der Waals surface area contributed by atoms with E-state index in [0.29, 0.717) is 18.3 Å². The number of hydrogen-bond acceptors (Lipinski definition) is 3. The van der Waals surface area contributed by atoms with Crippen LogP contribution < -0.4 is 0 Å². The SMILES string of the molecule is CCCC(=O)OCC1CS1. The van der Waals surface area contributed by atoms with Gasteiger partial charge in [-0.25, -0.2) is 0 Å². The summed E-state index contributed by atoms with van der Waals surface area (Å²) in [6, 6.07) is 0. The van der Waals surface area contributed by atoms with Crippen LogP contribution in [0.4, 0.5) is 0 Å². The summed E-state index contributed by atoms with van der Waals surface area (Å²) in [4.78, 5) is 10.7. The van der Waals surface area contributed by atoms with Crippen LogP contribution >= 0.6 is 11.8 Å². The third-order valence-corrected chi connectivity index (χ3v) is 2.23. The predicted octanol–water partition coefficient (Wildman–Crippen LogP) is 1.45. The molecule has 1 aliphatic heterocycles. The van der Waals surface area contributed by atoms with Crippen LogP contribution in [0.3, 0.4) is 0 Å². The van der Waals surface area contributed by atoms with Gasteiger partial charge in [0, 0.05) is 17.4 Å². The molecule has 1 rings (SSSR count). The molecule has 1 saturated heterocycles. The summed E-state index contributed by atoms with van der Waals surface area (Å²) in [6.45, 7) is 2.61. The summed E-state index contributed by atoms with van der Waals surface area (Å²) in [5.41, 5.74) is 0. The van der Waals surface area contributed by atoms with Crippen molar-refractivity contribution in [2.24, 2.45) is 0 Å². The second-order valence-electron chi connectivity index (χ2n) is 2.39. The minimum atomic E-state index is -0.0463. The lowest BCUT2D eigenvalue weighted by atomic mass is 10.3. The van der Waals surface area contributed by atoms with Crippen molar-refractivity contribution in [1.29, 1.82) is 0 Å². The van der Waals surface area contributed by atoms with Gasteiger partial charge >= 0.3 is 5.97 Å². The number of carbonyl (C=O) groups excluding carboxylic acids is 1. The Kier molecular flexibility index (Phi) is 3.06. The van der Waals surface area contributed by atoms with Crippen molar-refractivity contribution in [1.82, 2.24) is 0 Å². The van der Waals surface area contributed by atoms with Crippen molar-refractivity contribution in [3.05, 3.63) is 0 Å². The Morgan fingerprint density at radius 3 is 3.00 bits per heavy atom. The molecule has 1 fully saturated rings. The fraction of sp³-hybridized carbons (Fsp3) is 0.857. The lowest BCUT2D eigenvalue weighted by Gasteiger charge is -1.99. The van der Waals surface area contributed by atoms with Gasteiger partial charge in [-0.1, -0.05) is 6.92 Å². The first-order valence-electron chi connectivity index (χ1n) is 3.60. The largest absolute Gasteiger partial charge is 0.464 e. The standard InChI is InChI=1S/C7H12O2S/c1-2-3-7(8)9-4-6-5-10-6/h6H,2-5H2,1H3. The number of thioether (sulfide) groups is 1. The van der Waals surface area contributed by atoms with Crippen LogP contribution in [0.15, 0.2) is 0 Å². The molecule has 1 atom stereocenters. The van der Waals surface area contributed by atoms with Gasteiger partial charge in [0.15, 0.2) is 0 Å². The minimum Gasteiger partial charge on any atom is -0.464 e. The molecule has 2 nitrogen and oxygen atoms in total. The summed E-state index contributed by atoms with van der Waals surface area (Å²) < 4.78 is 4.95. The number of rotatable bonds is 4. The van der Waals surface area contributed by atoms with Gasteiger partial charge in [0.2, 0.25) is 0 Å². The van der Waals surface area contributed by atoms with Crippen molar-refractivity contribution in [2.75, 3.05) is 12.4 Å². The molecule has 1 aliphatic rings. The van der Waals surface area contributed by atoms with Gasteiger partial charge in [-0.05, 0) is 6.42 Å². The van der Waals surface area contributed by atoms with Crippen molar-refractivity contribution in [3.63, 3.8) is 0 Å². The molecular weight excluding hydrogens is 148 g/mol. The summed E-state index contributed by atoms with van der Waals surface area (Å²) >= 11 is 1.85. The quantitative estimate of drug-likeness (QED) is 0.460. The summed E-state index contributed by atoms with van der Waals surface area (Å²) in [5.74, 6) is 1.12. The molecule has 58 valence electrons. The maximum atomic E-state index is 10.7. The first-order chi connectivity index (χ1) is 4.83. The number of ether oxygens (including phenoxy) is 1. The Morgan fingerprint density at radius 1 is 1.80 bits per heavy atom. The van der Waals surface area contributed by atoms with Gasteiger partial charge in [-0.15, -0.1) is 0 Å². The van der Waals surface area contributed by atoms with Crippen LogP contribution in [0, 0.1) is 0 Å². The topological polar surface area (TPSA) is 26.3 Å². The number of carbonyl (C=O) groups is 1. The van der Waals surface area contributed by atoms with Crippen molar-refractivity contribution < 1.29 is 9.53 Å². The molecule has 0 N–H and O–H groups in total. The molecule has 0 saturated carbocycles. The molecule has 1 heterocycles. The fourth-order valence-electron chi connectivity index (χ4n) is 0.626. The highest BCUT2D eigenvalue weighted by molar-refractivity contribution is 8.06. The minimum absolute atomic E-state index is 0.0463. The van der Waals surface area contributed by atoms with E-state index in [-0.39, 0.29) is 5.97 Å². The smallest absolute Gasteiger partial charge is 0.305 e. The van der Waals surface area contributed by atoms with E-state index in [2.05, 4.69) is 0 Å². The monoisotopic (exact) mass is 160 g/mol. The third kappa shape index (κ3) is 3.11.